The Bertz CT molecular complexity index is 3400. The van der Waals surface area contributed by atoms with Gasteiger partial charge in [0.25, 0.3) is 0 Å². The summed E-state index contributed by atoms with van der Waals surface area (Å²) < 4.78 is 6.89. The van der Waals surface area contributed by atoms with Crippen molar-refractivity contribution in [3.63, 3.8) is 0 Å². The van der Waals surface area contributed by atoms with Crippen molar-refractivity contribution in [3.05, 3.63) is 170 Å². The van der Waals surface area contributed by atoms with E-state index in [4.69, 9.17) is 4.42 Å². The van der Waals surface area contributed by atoms with E-state index >= 15 is 0 Å². The van der Waals surface area contributed by atoms with Crippen LogP contribution in [0.15, 0.2) is 174 Å². The second kappa shape index (κ2) is 9.94. The minimum atomic E-state index is 0.914. The van der Waals surface area contributed by atoms with Gasteiger partial charge in [0.2, 0.25) is 0 Å². The van der Waals surface area contributed by atoms with Gasteiger partial charge in [-0.25, -0.2) is 0 Å². The SMILES string of the molecule is c1ccc2cc3c(cc2c1)oc1c(-c2ccc4ccc5cccc6ccc2c4c56)cc(-c2ccc4c(ccc5ccc6ccccc6c54)c2)cc13. The van der Waals surface area contributed by atoms with Crippen molar-refractivity contribution in [1.29, 1.82) is 0 Å². The Labute approximate surface area is 292 Å². The summed E-state index contributed by atoms with van der Waals surface area (Å²) in [5.41, 5.74) is 6.52. The lowest BCUT2D eigenvalue weighted by atomic mass is 9.88. The molecule has 0 saturated carbocycles. The topological polar surface area (TPSA) is 13.1 Å². The molecule has 1 nitrogen and oxygen atoms in total. The fourth-order valence-electron chi connectivity index (χ4n) is 8.92. The second-order valence-electron chi connectivity index (χ2n) is 14.1. The van der Waals surface area contributed by atoms with E-state index in [-0.39, 0.29) is 0 Å². The Morgan fingerprint density at radius 2 is 0.882 bits per heavy atom. The first-order valence-corrected chi connectivity index (χ1v) is 17.7. The van der Waals surface area contributed by atoms with Crippen LogP contribution in [0.25, 0.3) is 120 Å². The van der Waals surface area contributed by atoms with Crippen LogP contribution in [0.5, 0.6) is 0 Å². The van der Waals surface area contributed by atoms with Gasteiger partial charge in [-0.3, -0.25) is 0 Å². The van der Waals surface area contributed by atoms with Crippen LogP contribution in [0.2, 0.25) is 0 Å². The van der Waals surface area contributed by atoms with Gasteiger partial charge in [0.15, 0.2) is 0 Å². The maximum absolute atomic E-state index is 6.89. The van der Waals surface area contributed by atoms with Crippen molar-refractivity contribution in [2.45, 2.75) is 0 Å². The molecule has 12 rings (SSSR count). The zero-order valence-electron chi connectivity index (χ0n) is 27.6. The summed E-state index contributed by atoms with van der Waals surface area (Å²) in [6, 6.07) is 62.7. The number of fused-ring (bicyclic) bond motifs is 9. The summed E-state index contributed by atoms with van der Waals surface area (Å²) in [4.78, 5) is 0. The first kappa shape index (κ1) is 27.2. The third-order valence-electron chi connectivity index (χ3n) is 11.3. The number of benzene rings is 11. The predicted molar refractivity (Wildman–Crippen MR) is 218 cm³/mol. The van der Waals surface area contributed by atoms with Crippen LogP contribution in [0, 0.1) is 0 Å². The quantitative estimate of drug-likeness (QED) is 0.171. The molecule has 11 aromatic carbocycles. The highest BCUT2D eigenvalue weighted by molar-refractivity contribution is 6.27. The van der Waals surface area contributed by atoms with Crippen LogP contribution in [-0.4, -0.2) is 0 Å². The molecule has 0 unspecified atom stereocenters. The fraction of sp³-hybridized carbons (Fsp3) is 0. The molecule has 234 valence electrons. The average molecular weight is 645 g/mol. The van der Waals surface area contributed by atoms with E-state index in [9.17, 15) is 0 Å². The van der Waals surface area contributed by atoms with Crippen LogP contribution in [0.3, 0.4) is 0 Å². The molecule has 0 aliphatic carbocycles. The van der Waals surface area contributed by atoms with E-state index in [1.54, 1.807) is 0 Å². The third kappa shape index (κ3) is 3.81. The van der Waals surface area contributed by atoms with E-state index in [0.717, 1.165) is 27.5 Å². The van der Waals surface area contributed by atoms with Crippen LogP contribution in [-0.2, 0) is 0 Å². The van der Waals surface area contributed by atoms with Crippen LogP contribution >= 0.6 is 0 Å². The number of rotatable bonds is 2. The van der Waals surface area contributed by atoms with Crippen molar-refractivity contribution in [2.24, 2.45) is 0 Å². The number of furan rings is 1. The number of hydrogen-bond acceptors (Lipinski definition) is 1. The Balaban J connectivity index is 1.17. The van der Waals surface area contributed by atoms with Gasteiger partial charge in [0.05, 0.1) is 0 Å². The highest BCUT2D eigenvalue weighted by Crippen LogP contribution is 2.45. The van der Waals surface area contributed by atoms with Crippen molar-refractivity contribution < 1.29 is 4.42 Å². The van der Waals surface area contributed by atoms with Gasteiger partial charge in [-0.05, 0) is 122 Å². The second-order valence-corrected chi connectivity index (χ2v) is 14.1. The lowest BCUT2D eigenvalue weighted by Gasteiger charge is -2.15. The van der Waals surface area contributed by atoms with Gasteiger partial charge >= 0.3 is 0 Å². The van der Waals surface area contributed by atoms with Gasteiger partial charge in [-0.2, -0.15) is 0 Å². The molecule has 0 fully saturated rings. The molecule has 0 saturated heterocycles. The van der Waals surface area contributed by atoms with Crippen LogP contribution in [0.1, 0.15) is 0 Å². The maximum Gasteiger partial charge on any atom is 0.143 e. The molecule has 0 radical (unpaired) electrons. The zero-order chi connectivity index (χ0) is 33.2. The summed E-state index contributed by atoms with van der Waals surface area (Å²) in [6.07, 6.45) is 0. The maximum atomic E-state index is 6.89. The molecule has 1 heteroatoms. The molecule has 0 bridgehead atoms. The standard InChI is InChI=1S/C50H28O/c1-2-8-35-28-46-43(25-34(35)7-1)45-27-38(36-20-21-40-37(24-36)17-16-32-13-12-29-6-3-4-11-39(29)48(32)40)26-44(50(45)51-46)41-22-18-33-15-14-30-9-5-10-31-19-23-42(41)49(33)47(30)31/h1-28H. The molecular formula is C50H28O. The lowest BCUT2D eigenvalue weighted by molar-refractivity contribution is 0.670. The Morgan fingerprint density at radius 1 is 0.275 bits per heavy atom. The highest BCUT2D eigenvalue weighted by Gasteiger charge is 2.20. The van der Waals surface area contributed by atoms with Gasteiger partial charge < -0.3 is 4.42 Å². The monoisotopic (exact) mass is 644 g/mol. The van der Waals surface area contributed by atoms with E-state index in [1.165, 1.54) is 92.1 Å². The molecule has 0 amide bonds. The van der Waals surface area contributed by atoms with Gasteiger partial charge in [0.1, 0.15) is 11.2 Å². The normalized spacial score (nSPS) is 12.3. The molecular weight excluding hydrogens is 617 g/mol. The summed E-state index contributed by atoms with van der Waals surface area (Å²) in [5.74, 6) is 0. The summed E-state index contributed by atoms with van der Waals surface area (Å²) in [7, 11) is 0. The molecule has 12 aromatic rings. The third-order valence-corrected chi connectivity index (χ3v) is 11.3. The van der Waals surface area contributed by atoms with E-state index < -0.39 is 0 Å². The summed E-state index contributed by atoms with van der Waals surface area (Å²) >= 11 is 0. The molecule has 0 spiro atoms. The smallest absolute Gasteiger partial charge is 0.143 e. The average Bonchev–Trinajstić information content (AvgIpc) is 3.55. The molecule has 1 heterocycles. The molecule has 0 N–H and O–H groups in total. The van der Waals surface area contributed by atoms with E-state index in [0.29, 0.717) is 0 Å². The van der Waals surface area contributed by atoms with Gasteiger partial charge in [0, 0.05) is 16.3 Å². The minimum Gasteiger partial charge on any atom is -0.455 e. The van der Waals surface area contributed by atoms with E-state index in [1.807, 2.05) is 0 Å². The largest absolute Gasteiger partial charge is 0.455 e. The van der Waals surface area contributed by atoms with Crippen LogP contribution in [0.4, 0.5) is 0 Å². The first-order valence-electron chi connectivity index (χ1n) is 17.7. The molecule has 51 heavy (non-hydrogen) atoms. The Morgan fingerprint density at radius 3 is 1.73 bits per heavy atom. The molecule has 0 aliphatic rings. The van der Waals surface area contributed by atoms with Crippen molar-refractivity contribution in [1.82, 2.24) is 0 Å². The first-order chi connectivity index (χ1) is 25.2. The molecule has 0 aliphatic heterocycles. The minimum absolute atomic E-state index is 0.914. The van der Waals surface area contributed by atoms with Crippen LogP contribution < -0.4 is 0 Å². The van der Waals surface area contributed by atoms with Crippen molar-refractivity contribution >= 4 is 97.3 Å². The van der Waals surface area contributed by atoms with Gasteiger partial charge in [-0.15, -0.1) is 0 Å². The summed E-state index contributed by atoms with van der Waals surface area (Å²) in [6.45, 7) is 0. The van der Waals surface area contributed by atoms with Gasteiger partial charge in [-0.1, -0.05) is 140 Å². The lowest BCUT2D eigenvalue weighted by Crippen LogP contribution is -1.89. The Hall–Kier alpha value is -6.70. The fourth-order valence-corrected chi connectivity index (χ4v) is 8.92. The Kier molecular flexibility index (Phi) is 5.29. The molecule has 1 aromatic heterocycles. The highest BCUT2D eigenvalue weighted by atomic mass is 16.3. The van der Waals surface area contributed by atoms with E-state index in [2.05, 4.69) is 170 Å². The number of hydrogen-bond donors (Lipinski definition) is 0. The van der Waals surface area contributed by atoms with Crippen molar-refractivity contribution in [2.75, 3.05) is 0 Å². The molecule has 0 atom stereocenters. The zero-order valence-corrected chi connectivity index (χ0v) is 27.6. The summed E-state index contributed by atoms with van der Waals surface area (Å²) in [5, 5.41) is 20.0. The predicted octanol–water partition coefficient (Wildman–Crippen LogP) is 14.4. The van der Waals surface area contributed by atoms with Crippen molar-refractivity contribution in [3.8, 4) is 22.3 Å².